The third kappa shape index (κ3) is 6.13. The van der Waals surface area contributed by atoms with E-state index in [0.717, 1.165) is 0 Å². The molecule has 0 heterocycles. The molecule has 3 N–H and O–H groups in total. The van der Waals surface area contributed by atoms with Crippen molar-refractivity contribution in [3.05, 3.63) is 0 Å². The van der Waals surface area contributed by atoms with Crippen LogP contribution < -0.4 is 11.1 Å². The van der Waals surface area contributed by atoms with Gasteiger partial charge in [0.05, 0.1) is 13.2 Å². The molecule has 0 rings (SSSR count). The van der Waals surface area contributed by atoms with Gasteiger partial charge in [0.1, 0.15) is 11.8 Å². The summed E-state index contributed by atoms with van der Waals surface area (Å²) in [6, 6.07) is -0.792. The number of hydrogen-bond acceptors (Lipinski definition) is 5. The van der Waals surface area contributed by atoms with Crippen molar-refractivity contribution in [1.29, 1.82) is 0 Å². The lowest BCUT2D eigenvalue weighted by Gasteiger charge is -2.16. The predicted molar refractivity (Wildman–Crippen MR) is 57.5 cm³/mol. The summed E-state index contributed by atoms with van der Waals surface area (Å²) in [6.07, 6.45) is 0.453. The molecule has 6 nitrogen and oxygen atoms in total. The molecule has 0 aliphatic rings. The fraction of sp³-hybridized carbons (Fsp3) is 0.700. The molecule has 0 aromatic carbocycles. The molecule has 1 atom stereocenters. The summed E-state index contributed by atoms with van der Waals surface area (Å²) in [5.41, 5.74) is 5.12. The Labute approximate surface area is 94.5 Å². The molecular formula is C10H18N2O4. The Hall–Kier alpha value is -1.43. The topological polar surface area (TPSA) is 98.5 Å². The molecular weight excluding hydrogens is 212 g/mol. The number of nitrogens with two attached hydrogens (primary N) is 1. The fourth-order valence-electron chi connectivity index (χ4n) is 1.09. The molecule has 0 unspecified atom stereocenters. The molecule has 1 amide bonds. The number of rotatable bonds is 7. The van der Waals surface area contributed by atoms with E-state index in [2.05, 4.69) is 5.32 Å². The highest BCUT2D eigenvalue weighted by Crippen LogP contribution is 2.01. The zero-order chi connectivity index (χ0) is 12.6. The Morgan fingerprint density at radius 2 is 2.00 bits per heavy atom. The van der Waals surface area contributed by atoms with Gasteiger partial charge in [-0.05, 0) is 20.3 Å². The second-order valence-electron chi connectivity index (χ2n) is 3.32. The smallest absolute Gasteiger partial charge is 0.328 e. The van der Waals surface area contributed by atoms with Crippen LogP contribution in [0.1, 0.15) is 26.7 Å². The van der Waals surface area contributed by atoms with Crippen LogP contribution in [0.5, 0.6) is 0 Å². The number of ether oxygens (including phenoxy) is 1. The largest absolute Gasteiger partial charge is 0.464 e. The SMILES string of the molecule is CCOC(=O)[C@H](CCC(C)=O)NC(=O)CN. The molecule has 0 spiro atoms. The van der Waals surface area contributed by atoms with Crippen LogP contribution in [0.3, 0.4) is 0 Å². The van der Waals surface area contributed by atoms with Gasteiger partial charge in [-0.2, -0.15) is 0 Å². The van der Waals surface area contributed by atoms with E-state index in [-0.39, 0.29) is 31.8 Å². The van der Waals surface area contributed by atoms with E-state index in [1.165, 1.54) is 6.92 Å². The van der Waals surface area contributed by atoms with E-state index < -0.39 is 17.9 Å². The fourth-order valence-corrected chi connectivity index (χ4v) is 1.09. The van der Waals surface area contributed by atoms with Gasteiger partial charge in [0.25, 0.3) is 0 Å². The van der Waals surface area contributed by atoms with Gasteiger partial charge in [-0.25, -0.2) is 4.79 Å². The Balaban J connectivity index is 4.31. The minimum absolute atomic E-state index is 0.0451. The summed E-state index contributed by atoms with van der Waals surface area (Å²) in [7, 11) is 0. The molecule has 0 aliphatic heterocycles. The zero-order valence-electron chi connectivity index (χ0n) is 9.62. The lowest BCUT2D eigenvalue weighted by atomic mass is 10.1. The molecule has 92 valence electrons. The normalized spacial score (nSPS) is 11.7. The monoisotopic (exact) mass is 230 g/mol. The van der Waals surface area contributed by atoms with E-state index in [1.807, 2.05) is 0 Å². The van der Waals surface area contributed by atoms with Crippen molar-refractivity contribution in [2.75, 3.05) is 13.2 Å². The number of esters is 1. The van der Waals surface area contributed by atoms with Gasteiger partial charge in [-0.15, -0.1) is 0 Å². The molecule has 0 saturated heterocycles. The second-order valence-corrected chi connectivity index (χ2v) is 3.32. The summed E-state index contributed by atoms with van der Waals surface area (Å²) >= 11 is 0. The number of hydrogen-bond donors (Lipinski definition) is 2. The summed E-state index contributed by atoms with van der Waals surface area (Å²) in [6.45, 7) is 3.13. The van der Waals surface area contributed by atoms with Crippen molar-refractivity contribution in [3.63, 3.8) is 0 Å². The number of amides is 1. The maximum absolute atomic E-state index is 11.4. The first-order valence-corrected chi connectivity index (χ1v) is 5.16. The van der Waals surface area contributed by atoms with Gasteiger partial charge in [-0.3, -0.25) is 4.79 Å². The van der Waals surface area contributed by atoms with E-state index in [1.54, 1.807) is 6.92 Å². The molecule has 0 aromatic heterocycles. The first-order valence-electron chi connectivity index (χ1n) is 5.16. The Bertz CT molecular complexity index is 266. The van der Waals surface area contributed by atoms with E-state index in [4.69, 9.17) is 10.5 Å². The Morgan fingerprint density at radius 1 is 1.38 bits per heavy atom. The number of nitrogens with one attached hydrogen (secondary N) is 1. The zero-order valence-corrected chi connectivity index (χ0v) is 9.62. The highest BCUT2D eigenvalue weighted by molar-refractivity contribution is 5.86. The summed E-state index contributed by atoms with van der Waals surface area (Å²) in [5.74, 6) is -1.02. The quantitative estimate of drug-likeness (QED) is 0.567. The molecule has 16 heavy (non-hydrogen) atoms. The summed E-state index contributed by atoms with van der Waals surface area (Å²) in [4.78, 5) is 33.3. The molecule has 0 fully saturated rings. The third-order valence-corrected chi connectivity index (χ3v) is 1.88. The van der Waals surface area contributed by atoms with Crippen LogP contribution in [-0.4, -0.2) is 36.9 Å². The van der Waals surface area contributed by atoms with Crippen LogP contribution in [0.4, 0.5) is 0 Å². The minimum atomic E-state index is -0.792. The molecule has 0 radical (unpaired) electrons. The average molecular weight is 230 g/mol. The van der Waals surface area contributed by atoms with Gasteiger partial charge in [0.2, 0.25) is 5.91 Å². The van der Waals surface area contributed by atoms with Crippen LogP contribution in [0, 0.1) is 0 Å². The maximum atomic E-state index is 11.4. The number of ketones is 1. The molecule has 0 aromatic rings. The van der Waals surface area contributed by atoms with Crippen LogP contribution in [-0.2, 0) is 19.1 Å². The average Bonchev–Trinajstić information content (AvgIpc) is 2.23. The lowest BCUT2D eigenvalue weighted by molar-refractivity contribution is -0.147. The molecule has 0 bridgehead atoms. The second kappa shape index (κ2) is 7.81. The Morgan fingerprint density at radius 3 is 2.44 bits per heavy atom. The van der Waals surface area contributed by atoms with Crippen LogP contribution in [0.15, 0.2) is 0 Å². The first kappa shape index (κ1) is 14.6. The van der Waals surface area contributed by atoms with Gasteiger partial charge in [0, 0.05) is 6.42 Å². The van der Waals surface area contributed by atoms with Crippen molar-refractivity contribution in [2.24, 2.45) is 5.73 Å². The van der Waals surface area contributed by atoms with Crippen LogP contribution in [0.2, 0.25) is 0 Å². The van der Waals surface area contributed by atoms with Crippen LogP contribution >= 0.6 is 0 Å². The number of carbonyl (C=O) groups is 3. The van der Waals surface area contributed by atoms with Crippen LogP contribution in [0.25, 0.3) is 0 Å². The number of carbonyl (C=O) groups excluding carboxylic acids is 3. The number of Topliss-reactive ketones (excluding diaryl/α,β-unsaturated/α-hetero) is 1. The van der Waals surface area contributed by atoms with E-state index >= 15 is 0 Å². The Kier molecular flexibility index (Phi) is 7.11. The standard InChI is InChI=1S/C10H18N2O4/c1-3-16-10(15)8(5-4-7(2)13)12-9(14)6-11/h8H,3-6,11H2,1-2H3,(H,12,14)/t8-/m0/s1. The van der Waals surface area contributed by atoms with E-state index in [9.17, 15) is 14.4 Å². The minimum Gasteiger partial charge on any atom is -0.464 e. The molecule has 0 aliphatic carbocycles. The van der Waals surface area contributed by atoms with Gasteiger partial charge >= 0.3 is 5.97 Å². The predicted octanol–water partition coefficient (Wildman–Crippen LogP) is -0.638. The lowest BCUT2D eigenvalue weighted by Crippen LogP contribution is -2.44. The van der Waals surface area contributed by atoms with Gasteiger partial charge < -0.3 is 20.6 Å². The molecule has 6 heteroatoms. The van der Waals surface area contributed by atoms with E-state index in [0.29, 0.717) is 0 Å². The van der Waals surface area contributed by atoms with Crippen molar-refractivity contribution in [1.82, 2.24) is 5.32 Å². The highest BCUT2D eigenvalue weighted by atomic mass is 16.5. The van der Waals surface area contributed by atoms with Crippen molar-refractivity contribution >= 4 is 17.7 Å². The van der Waals surface area contributed by atoms with Gasteiger partial charge in [-0.1, -0.05) is 0 Å². The van der Waals surface area contributed by atoms with Gasteiger partial charge in [0.15, 0.2) is 0 Å². The molecule has 0 saturated carbocycles. The first-order chi connectivity index (χ1) is 7.51. The summed E-state index contributed by atoms with van der Waals surface area (Å²) in [5, 5.41) is 2.42. The van der Waals surface area contributed by atoms with Crippen molar-refractivity contribution in [2.45, 2.75) is 32.7 Å². The third-order valence-electron chi connectivity index (χ3n) is 1.88. The summed E-state index contributed by atoms with van der Waals surface area (Å²) < 4.78 is 4.78. The van der Waals surface area contributed by atoms with Crippen molar-refractivity contribution in [3.8, 4) is 0 Å². The maximum Gasteiger partial charge on any atom is 0.328 e. The van der Waals surface area contributed by atoms with Crippen molar-refractivity contribution < 1.29 is 19.1 Å². The highest BCUT2D eigenvalue weighted by Gasteiger charge is 2.21.